The zero-order valence-electron chi connectivity index (χ0n) is 15.1. The first-order valence-electron chi connectivity index (χ1n) is 8.29. The van der Waals surface area contributed by atoms with Crippen molar-refractivity contribution in [2.75, 3.05) is 10.6 Å². The van der Waals surface area contributed by atoms with E-state index in [0.717, 1.165) is 28.9 Å². The molecule has 5 nitrogen and oxygen atoms in total. The van der Waals surface area contributed by atoms with Gasteiger partial charge >= 0.3 is 0 Å². The number of nitrogens with zero attached hydrogens (tertiary/aromatic N) is 2. The van der Waals surface area contributed by atoms with Crippen molar-refractivity contribution in [1.82, 2.24) is 9.97 Å². The van der Waals surface area contributed by atoms with Crippen molar-refractivity contribution in [1.29, 1.82) is 0 Å². The number of rotatable bonds is 4. The lowest BCUT2D eigenvalue weighted by Crippen LogP contribution is -2.16. The maximum absolute atomic E-state index is 13.8. The Hall–Kier alpha value is -3.35. The first kappa shape index (κ1) is 18.4. The van der Waals surface area contributed by atoms with Crippen molar-refractivity contribution >= 4 is 23.1 Å². The molecular formula is C20H18F2N4O. The molecule has 0 aliphatic rings. The predicted octanol–water partition coefficient (Wildman–Crippen LogP) is 4.68. The van der Waals surface area contributed by atoms with Crippen LogP contribution in [0.1, 0.15) is 27.4 Å². The lowest BCUT2D eigenvalue weighted by Gasteiger charge is -2.13. The van der Waals surface area contributed by atoms with Gasteiger partial charge < -0.3 is 10.6 Å². The lowest BCUT2D eigenvalue weighted by atomic mass is 10.1. The van der Waals surface area contributed by atoms with Crippen LogP contribution in [0.2, 0.25) is 0 Å². The summed E-state index contributed by atoms with van der Waals surface area (Å²) in [6, 6.07) is 10.3. The van der Waals surface area contributed by atoms with E-state index in [4.69, 9.17) is 0 Å². The third-order valence-corrected chi connectivity index (χ3v) is 3.98. The van der Waals surface area contributed by atoms with Crippen molar-refractivity contribution in [3.63, 3.8) is 0 Å². The minimum absolute atomic E-state index is 0.0694. The number of aryl methyl sites for hydroxylation is 3. The highest BCUT2D eigenvalue weighted by Gasteiger charge is 2.14. The molecule has 2 aromatic carbocycles. The fourth-order valence-electron chi connectivity index (χ4n) is 2.66. The first-order chi connectivity index (χ1) is 12.8. The summed E-state index contributed by atoms with van der Waals surface area (Å²) in [6.07, 6.45) is 0. The van der Waals surface area contributed by atoms with Gasteiger partial charge in [0.25, 0.3) is 5.91 Å². The number of nitrogens with one attached hydrogen (secondary N) is 2. The fraction of sp³-hybridized carbons (Fsp3) is 0.150. The Morgan fingerprint density at radius 2 is 1.67 bits per heavy atom. The summed E-state index contributed by atoms with van der Waals surface area (Å²) in [6.45, 7) is 5.59. The van der Waals surface area contributed by atoms with Crippen LogP contribution in [0.5, 0.6) is 0 Å². The van der Waals surface area contributed by atoms with Crippen LogP contribution >= 0.6 is 0 Å². The van der Waals surface area contributed by atoms with E-state index < -0.39 is 17.5 Å². The summed E-state index contributed by atoms with van der Waals surface area (Å²) >= 11 is 0. The number of para-hydroxylation sites is 1. The number of halogens is 2. The average molecular weight is 368 g/mol. The van der Waals surface area contributed by atoms with Crippen LogP contribution in [0.15, 0.2) is 42.5 Å². The molecule has 2 N–H and O–H groups in total. The van der Waals surface area contributed by atoms with E-state index in [1.807, 2.05) is 32.0 Å². The van der Waals surface area contributed by atoms with Gasteiger partial charge in [-0.05, 0) is 44.0 Å². The van der Waals surface area contributed by atoms with E-state index in [0.29, 0.717) is 17.7 Å². The highest BCUT2D eigenvalue weighted by Crippen LogP contribution is 2.24. The third-order valence-electron chi connectivity index (χ3n) is 3.98. The molecule has 0 bridgehead atoms. The number of amides is 1. The molecule has 3 aromatic rings. The molecule has 0 radical (unpaired) electrons. The Kier molecular flexibility index (Phi) is 5.12. The van der Waals surface area contributed by atoms with Gasteiger partial charge in [-0.15, -0.1) is 0 Å². The van der Waals surface area contributed by atoms with Crippen LogP contribution in [-0.2, 0) is 0 Å². The second-order valence-corrected chi connectivity index (χ2v) is 6.16. The molecule has 0 saturated carbocycles. The Bertz CT molecular complexity index is 1000. The molecule has 0 aliphatic heterocycles. The number of hydrogen-bond donors (Lipinski definition) is 2. The van der Waals surface area contributed by atoms with Gasteiger partial charge in [-0.1, -0.05) is 18.2 Å². The highest BCUT2D eigenvalue weighted by molar-refractivity contribution is 6.03. The number of aromatic nitrogens is 2. The zero-order valence-corrected chi connectivity index (χ0v) is 15.1. The summed E-state index contributed by atoms with van der Waals surface area (Å²) in [5.41, 5.74) is 2.91. The number of benzene rings is 2. The van der Waals surface area contributed by atoms with Crippen LogP contribution < -0.4 is 10.6 Å². The number of carbonyl (C=O) groups is 1. The van der Waals surface area contributed by atoms with E-state index in [1.54, 1.807) is 6.92 Å². The normalized spacial score (nSPS) is 10.6. The monoisotopic (exact) mass is 368 g/mol. The van der Waals surface area contributed by atoms with Crippen LogP contribution in [0.25, 0.3) is 0 Å². The van der Waals surface area contributed by atoms with Crippen molar-refractivity contribution < 1.29 is 13.6 Å². The highest BCUT2D eigenvalue weighted by atomic mass is 19.1. The van der Waals surface area contributed by atoms with E-state index in [9.17, 15) is 13.6 Å². The number of hydrogen-bond acceptors (Lipinski definition) is 4. The summed E-state index contributed by atoms with van der Waals surface area (Å²) < 4.78 is 26.8. The fourth-order valence-corrected chi connectivity index (χ4v) is 2.66. The zero-order chi connectivity index (χ0) is 19.6. The molecule has 0 spiro atoms. The van der Waals surface area contributed by atoms with Gasteiger partial charge in [0.15, 0.2) is 0 Å². The van der Waals surface area contributed by atoms with Crippen LogP contribution in [0.3, 0.4) is 0 Å². The second-order valence-electron chi connectivity index (χ2n) is 6.16. The first-order valence-corrected chi connectivity index (χ1v) is 8.29. The SMILES string of the molecule is Cc1nc(Nc2c(C)cccc2C)cc(C(=O)Nc2ccc(F)cc2F)n1. The summed E-state index contributed by atoms with van der Waals surface area (Å²) in [7, 11) is 0. The molecule has 0 unspecified atom stereocenters. The van der Waals surface area contributed by atoms with Crippen LogP contribution in [0.4, 0.5) is 26.0 Å². The predicted molar refractivity (Wildman–Crippen MR) is 100 cm³/mol. The average Bonchev–Trinajstić information content (AvgIpc) is 2.60. The molecule has 1 heterocycles. The molecule has 1 aromatic heterocycles. The summed E-state index contributed by atoms with van der Waals surface area (Å²) in [5.74, 6) is -1.36. The van der Waals surface area contributed by atoms with Gasteiger partial charge in [0.1, 0.15) is 29.0 Å². The van der Waals surface area contributed by atoms with Gasteiger partial charge in [-0.2, -0.15) is 0 Å². The van der Waals surface area contributed by atoms with E-state index >= 15 is 0 Å². The third kappa shape index (κ3) is 4.25. The Morgan fingerprint density at radius 1 is 0.963 bits per heavy atom. The van der Waals surface area contributed by atoms with Gasteiger partial charge in [0.2, 0.25) is 0 Å². The Morgan fingerprint density at radius 3 is 2.33 bits per heavy atom. The molecule has 3 rings (SSSR count). The minimum Gasteiger partial charge on any atom is -0.340 e. The van der Waals surface area contributed by atoms with Crippen LogP contribution in [0, 0.1) is 32.4 Å². The Balaban J connectivity index is 1.87. The van der Waals surface area contributed by atoms with E-state index in [1.165, 1.54) is 6.07 Å². The maximum Gasteiger partial charge on any atom is 0.274 e. The van der Waals surface area contributed by atoms with Crippen LogP contribution in [-0.4, -0.2) is 15.9 Å². The molecular weight excluding hydrogens is 350 g/mol. The van der Waals surface area contributed by atoms with Crippen molar-refractivity contribution in [3.05, 3.63) is 76.7 Å². The standard InChI is InChI=1S/C20H18F2N4O/c1-11-5-4-6-12(2)19(11)26-18-10-17(23-13(3)24-18)20(27)25-16-8-7-14(21)9-15(16)22/h4-10H,1-3H3,(H,25,27)(H,23,24,26). The molecule has 0 saturated heterocycles. The minimum atomic E-state index is -0.858. The largest absolute Gasteiger partial charge is 0.340 e. The molecule has 0 aliphatic carbocycles. The van der Waals surface area contributed by atoms with Crippen molar-refractivity contribution in [3.8, 4) is 0 Å². The summed E-state index contributed by atoms with van der Waals surface area (Å²) in [4.78, 5) is 20.9. The quantitative estimate of drug-likeness (QED) is 0.702. The summed E-state index contributed by atoms with van der Waals surface area (Å²) in [5, 5.41) is 5.60. The molecule has 27 heavy (non-hydrogen) atoms. The molecule has 138 valence electrons. The molecule has 1 amide bonds. The van der Waals surface area contributed by atoms with Gasteiger partial charge in [0, 0.05) is 17.8 Å². The number of carbonyl (C=O) groups excluding carboxylic acids is 1. The van der Waals surface area contributed by atoms with Gasteiger partial charge in [-0.3, -0.25) is 4.79 Å². The van der Waals surface area contributed by atoms with Gasteiger partial charge in [-0.25, -0.2) is 18.7 Å². The maximum atomic E-state index is 13.8. The topological polar surface area (TPSA) is 66.9 Å². The second kappa shape index (κ2) is 7.49. The number of anilines is 3. The van der Waals surface area contributed by atoms with E-state index in [2.05, 4.69) is 20.6 Å². The van der Waals surface area contributed by atoms with E-state index in [-0.39, 0.29) is 11.4 Å². The lowest BCUT2D eigenvalue weighted by molar-refractivity contribution is 0.102. The van der Waals surface area contributed by atoms with Crippen molar-refractivity contribution in [2.24, 2.45) is 0 Å². The molecule has 0 atom stereocenters. The molecule has 0 fully saturated rings. The van der Waals surface area contributed by atoms with Gasteiger partial charge in [0.05, 0.1) is 5.69 Å². The smallest absolute Gasteiger partial charge is 0.274 e. The van der Waals surface area contributed by atoms with Crippen molar-refractivity contribution in [2.45, 2.75) is 20.8 Å². The Labute approximate surface area is 155 Å². The molecule has 7 heteroatoms.